The molecule has 0 bridgehead atoms. The number of rotatable bonds is 5. The number of fused-ring (bicyclic) bond motifs is 1. The van der Waals surface area contributed by atoms with E-state index >= 15 is 0 Å². The predicted octanol–water partition coefficient (Wildman–Crippen LogP) is 4.17. The van der Waals surface area contributed by atoms with Gasteiger partial charge >= 0.3 is 6.18 Å². The van der Waals surface area contributed by atoms with Crippen LogP contribution in [0, 0.1) is 0 Å². The van der Waals surface area contributed by atoms with Crippen LogP contribution in [0.4, 0.5) is 13.2 Å². The van der Waals surface area contributed by atoms with E-state index in [4.69, 9.17) is 15.2 Å². The Morgan fingerprint density at radius 2 is 1.89 bits per heavy atom. The number of nitrogens with two attached hydrogens (primary N) is 1. The molecule has 0 saturated carbocycles. The molecule has 1 aliphatic heterocycles. The summed E-state index contributed by atoms with van der Waals surface area (Å²) in [5.74, 6) is 1.16. The molecule has 1 aliphatic rings. The minimum absolute atomic E-state index is 0. The van der Waals surface area contributed by atoms with Crippen LogP contribution >= 0.6 is 24.0 Å². The molecule has 0 saturated heterocycles. The lowest BCUT2D eigenvalue weighted by Crippen LogP contribution is -2.37. The number of ether oxygens (including phenoxy) is 2. The molecule has 9 heteroatoms. The molecule has 5 nitrogen and oxygen atoms in total. The van der Waals surface area contributed by atoms with Gasteiger partial charge in [0.25, 0.3) is 0 Å². The number of halogens is 4. The monoisotopic (exact) mass is 507 g/mol. The summed E-state index contributed by atoms with van der Waals surface area (Å²) in [7, 11) is 0. The normalized spacial score (nSPS) is 16.4. The first kappa shape index (κ1) is 22.1. The van der Waals surface area contributed by atoms with Crippen LogP contribution in [-0.2, 0) is 6.54 Å². The third-order valence-corrected chi connectivity index (χ3v) is 4.06. The number of nitrogens with zero attached hydrogens (tertiary/aromatic N) is 1. The van der Waals surface area contributed by atoms with Crippen LogP contribution in [0.5, 0.6) is 11.5 Å². The van der Waals surface area contributed by atoms with Crippen molar-refractivity contribution in [2.24, 2.45) is 10.7 Å². The van der Waals surface area contributed by atoms with Crippen molar-refractivity contribution in [1.29, 1.82) is 0 Å². The number of hydrogen-bond donors (Lipinski definition) is 2. The van der Waals surface area contributed by atoms with E-state index in [0.29, 0.717) is 12.2 Å². The van der Waals surface area contributed by atoms with Gasteiger partial charge in [-0.05, 0) is 12.1 Å². The molecule has 0 spiro atoms. The van der Waals surface area contributed by atoms with Gasteiger partial charge < -0.3 is 20.5 Å². The number of aliphatic imine (C=N–C) groups is 1. The fraction of sp³-hybridized carbons (Fsp3) is 0.316. The highest BCUT2D eigenvalue weighted by molar-refractivity contribution is 14.0. The molecule has 28 heavy (non-hydrogen) atoms. The lowest BCUT2D eigenvalue weighted by Gasteiger charge is -2.27. The van der Waals surface area contributed by atoms with Crippen molar-refractivity contribution in [3.05, 3.63) is 59.7 Å². The van der Waals surface area contributed by atoms with Crippen molar-refractivity contribution in [2.75, 3.05) is 13.2 Å². The average molecular weight is 507 g/mol. The first-order valence-corrected chi connectivity index (χ1v) is 8.48. The zero-order chi connectivity index (χ0) is 19.3. The molecule has 0 radical (unpaired) electrons. The second kappa shape index (κ2) is 9.85. The topological polar surface area (TPSA) is 68.9 Å². The molecule has 2 aromatic rings. The van der Waals surface area contributed by atoms with Crippen molar-refractivity contribution in [3.8, 4) is 11.5 Å². The summed E-state index contributed by atoms with van der Waals surface area (Å²) >= 11 is 0. The summed E-state index contributed by atoms with van der Waals surface area (Å²) in [6.07, 6.45) is -3.66. The van der Waals surface area contributed by atoms with Crippen LogP contribution < -0.4 is 20.5 Å². The van der Waals surface area contributed by atoms with Crippen LogP contribution in [0.3, 0.4) is 0 Å². The molecular formula is C19H21F3IN3O2. The third kappa shape index (κ3) is 6.18. The SMILES string of the molecule is I.NC(=NCc1ccccc1OCC(F)(F)F)NC1CCOc2ccccc21. The van der Waals surface area contributed by atoms with Crippen LogP contribution in [0.2, 0.25) is 0 Å². The summed E-state index contributed by atoms with van der Waals surface area (Å²) < 4.78 is 47.6. The van der Waals surface area contributed by atoms with Gasteiger partial charge in [0.2, 0.25) is 0 Å². The second-order valence-corrected chi connectivity index (χ2v) is 6.08. The van der Waals surface area contributed by atoms with Crippen LogP contribution in [-0.4, -0.2) is 25.3 Å². The van der Waals surface area contributed by atoms with Gasteiger partial charge in [0, 0.05) is 17.5 Å². The van der Waals surface area contributed by atoms with Crippen molar-refractivity contribution in [2.45, 2.75) is 25.2 Å². The van der Waals surface area contributed by atoms with E-state index in [2.05, 4.69) is 10.3 Å². The van der Waals surface area contributed by atoms with Crippen LogP contribution in [0.25, 0.3) is 0 Å². The van der Waals surface area contributed by atoms with Gasteiger partial charge in [-0.3, -0.25) is 0 Å². The smallest absolute Gasteiger partial charge is 0.422 e. The first-order chi connectivity index (χ1) is 12.9. The fourth-order valence-electron chi connectivity index (χ4n) is 2.82. The average Bonchev–Trinajstić information content (AvgIpc) is 2.65. The molecule has 1 atom stereocenters. The van der Waals surface area contributed by atoms with E-state index in [1.807, 2.05) is 24.3 Å². The molecule has 0 fully saturated rings. The lowest BCUT2D eigenvalue weighted by molar-refractivity contribution is -0.153. The Morgan fingerprint density at radius 3 is 2.68 bits per heavy atom. The number of alkyl halides is 3. The number of guanidine groups is 1. The Hall–Kier alpha value is -2.17. The molecule has 1 unspecified atom stereocenters. The summed E-state index contributed by atoms with van der Waals surface area (Å²) in [6, 6.07) is 14.1. The molecule has 152 valence electrons. The van der Waals surface area contributed by atoms with E-state index in [1.165, 1.54) is 6.07 Å². The zero-order valence-electron chi connectivity index (χ0n) is 14.9. The van der Waals surface area contributed by atoms with Gasteiger partial charge in [-0.15, -0.1) is 24.0 Å². The maximum Gasteiger partial charge on any atom is 0.422 e. The van der Waals surface area contributed by atoms with Gasteiger partial charge in [0.1, 0.15) is 11.5 Å². The number of hydrogen-bond acceptors (Lipinski definition) is 3. The van der Waals surface area contributed by atoms with E-state index in [9.17, 15) is 13.2 Å². The molecule has 0 aliphatic carbocycles. The summed E-state index contributed by atoms with van der Waals surface area (Å²) in [5, 5.41) is 3.15. The Morgan fingerprint density at radius 1 is 1.18 bits per heavy atom. The number of para-hydroxylation sites is 2. The van der Waals surface area contributed by atoms with Crippen molar-refractivity contribution >= 4 is 29.9 Å². The molecular weight excluding hydrogens is 486 g/mol. The fourth-order valence-corrected chi connectivity index (χ4v) is 2.82. The Kier molecular flexibility index (Phi) is 7.78. The van der Waals surface area contributed by atoms with Gasteiger partial charge in [-0.2, -0.15) is 13.2 Å². The highest BCUT2D eigenvalue weighted by atomic mass is 127. The van der Waals surface area contributed by atoms with Crippen molar-refractivity contribution < 1.29 is 22.6 Å². The van der Waals surface area contributed by atoms with Gasteiger partial charge in [-0.25, -0.2) is 4.99 Å². The maximum atomic E-state index is 12.4. The third-order valence-electron chi connectivity index (χ3n) is 4.06. The van der Waals surface area contributed by atoms with Crippen molar-refractivity contribution in [1.82, 2.24) is 5.32 Å². The molecule has 0 aromatic heterocycles. The van der Waals surface area contributed by atoms with E-state index in [1.54, 1.807) is 18.2 Å². The largest absolute Gasteiger partial charge is 0.493 e. The Balaban J connectivity index is 0.00000280. The number of nitrogens with one attached hydrogen (secondary N) is 1. The highest BCUT2D eigenvalue weighted by Crippen LogP contribution is 2.31. The van der Waals surface area contributed by atoms with E-state index in [-0.39, 0.29) is 48.3 Å². The molecule has 3 rings (SSSR count). The predicted molar refractivity (Wildman–Crippen MR) is 111 cm³/mol. The van der Waals surface area contributed by atoms with Gasteiger partial charge in [0.15, 0.2) is 12.6 Å². The molecule has 2 aromatic carbocycles. The van der Waals surface area contributed by atoms with E-state index < -0.39 is 12.8 Å². The summed E-state index contributed by atoms with van der Waals surface area (Å²) in [6.45, 7) is -0.672. The molecule has 0 amide bonds. The molecule has 3 N–H and O–H groups in total. The summed E-state index contributed by atoms with van der Waals surface area (Å²) in [5.41, 5.74) is 7.50. The van der Waals surface area contributed by atoms with Gasteiger partial charge in [0.05, 0.1) is 19.2 Å². The maximum absolute atomic E-state index is 12.4. The zero-order valence-corrected chi connectivity index (χ0v) is 17.2. The Bertz CT molecular complexity index is 815. The summed E-state index contributed by atoms with van der Waals surface area (Å²) in [4.78, 5) is 4.25. The quantitative estimate of drug-likeness (QED) is 0.362. The lowest BCUT2D eigenvalue weighted by atomic mass is 10.0. The first-order valence-electron chi connectivity index (χ1n) is 8.48. The minimum Gasteiger partial charge on any atom is -0.493 e. The standard InChI is InChI=1S/C19H20F3N3O2.HI/c20-19(21,22)12-27-16-7-3-1-5-13(16)11-24-18(23)25-15-9-10-26-17-8-4-2-6-14(15)17;/h1-8,15H,9-12H2,(H3,23,24,25);1H. The second-order valence-electron chi connectivity index (χ2n) is 6.08. The van der Waals surface area contributed by atoms with Gasteiger partial charge in [-0.1, -0.05) is 36.4 Å². The minimum atomic E-state index is -4.40. The highest BCUT2D eigenvalue weighted by Gasteiger charge is 2.28. The van der Waals surface area contributed by atoms with Crippen LogP contribution in [0.1, 0.15) is 23.6 Å². The molecule has 1 heterocycles. The van der Waals surface area contributed by atoms with Crippen LogP contribution in [0.15, 0.2) is 53.5 Å². The van der Waals surface area contributed by atoms with Crippen molar-refractivity contribution in [3.63, 3.8) is 0 Å². The Labute approximate surface area is 178 Å². The number of benzene rings is 2. The van der Waals surface area contributed by atoms with E-state index in [0.717, 1.165) is 17.7 Å².